The number of Topliss-reactive ketones (excluding diaryl/α,β-unsaturated/α-hetero) is 1. The van der Waals surface area contributed by atoms with Crippen LogP contribution in [-0.2, 0) is 14.3 Å². The SMILES string of the molecule is CC1=N[C@]2(C(=O)CO)[C@@H](C[C@H]3[C@@H]4C[C@H](O)C5=CC(=O)C=C[C@]5(C)[C@H]4[C@@H](O)C[C@@]32C)O1. The first-order valence-electron chi connectivity index (χ1n) is 10.8. The number of nitrogens with zero attached hydrogens (tertiary/aromatic N) is 1. The van der Waals surface area contributed by atoms with Gasteiger partial charge in [0.25, 0.3) is 0 Å². The summed E-state index contributed by atoms with van der Waals surface area (Å²) in [4.78, 5) is 29.7. The summed E-state index contributed by atoms with van der Waals surface area (Å²) < 4.78 is 5.96. The molecule has 0 saturated heterocycles. The lowest BCUT2D eigenvalue weighted by Gasteiger charge is -2.60. The Bertz CT molecular complexity index is 923. The second-order valence-electron chi connectivity index (χ2n) is 10.2. The molecule has 0 aromatic heterocycles. The molecule has 1 aliphatic heterocycles. The average molecular weight is 415 g/mol. The number of ether oxygens (including phenoxy) is 1. The highest BCUT2D eigenvalue weighted by Gasteiger charge is 2.74. The number of carbonyl (C=O) groups excluding carboxylic acids is 2. The molecule has 3 N–H and O–H groups in total. The summed E-state index contributed by atoms with van der Waals surface area (Å²) in [6.07, 6.45) is 4.23. The van der Waals surface area contributed by atoms with Crippen LogP contribution in [0.3, 0.4) is 0 Å². The van der Waals surface area contributed by atoms with E-state index in [2.05, 4.69) is 4.99 Å². The zero-order chi connectivity index (χ0) is 21.6. The van der Waals surface area contributed by atoms with E-state index in [1.165, 1.54) is 12.2 Å². The zero-order valence-electron chi connectivity index (χ0n) is 17.5. The summed E-state index contributed by atoms with van der Waals surface area (Å²) in [6.45, 7) is 5.06. The van der Waals surface area contributed by atoms with Gasteiger partial charge in [0.1, 0.15) is 12.7 Å². The molecule has 7 heteroatoms. The van der Waals surface area contributed by atoms with Gasteiger partial charge < -0.3 is 20.1 Å². The third-order valence-corrected chi connectivity index (χ3v) is 8.92. The smallest absolute Gasteiger partial charge is 0.190 e. The highest BCUT2D eigenvalue weighted by atomic mass is 16.5. The van der Waals surface area contributed by atoms with E-state index in [-0.39, 0.29) is 29.3 Å². The van der Waals surface area contributed by atoms with E-state index in [9.17, 15) is 24.9 Å². The maximum atomic E-state index is 13.1. The molecule has 0 spiro atoms. The fourth-order valence-corrected chi connectivity index (χ4v) is 7.86. The van der Waals surface area contributed by atoms with Crippen molar-refractivity contribution in [2.45, 2.75) is 63.9 Å². The molecule has 0 radical (unpaired) electrons. The fraction of sp³-hybridized carbons (Fsp3) is 0.696. The van der Waals surface area contributed by atoms with Crippen molar-refractivity contribution in [3.8, 4) is 0 Å². The molecule has 0 bridgehead atoms. The first-order chi connectivity index (χ1) is 14.1. The predicted molar refractivity (Wildman–Crippen MR) is 108 cm³/mol. The molecule has 3 saturated carbocycles. The Labute approximate surface area is 175 Å². The molecule has 4 aliphatic carbocycles. The number of fused-ring (bicyclic) bond motifs is 7. The minimum Gasteiger partial charge on any atom is -0.475 e. The molecule has 7 nitrogen and oxygen atoms in total. The van der Waals surface area contributed by atoms with E-state index >= 15 is 0 Å². The Kier molecular flexibility index (Phi) is 4.09. The van der Waals surface area contributed by atoms with Crippen LogP contribution >= 0.6 is 0 Å². The molecular weight excluding hydrogens is 386 g/mol. The Morgan fingerprint density at radius 2 is 2.03 bits per heavy atom. The quantitative estimate of drug-likeness (QED) is 0.619. The van der Waals surface area contributed by atoms with Gasteiger partial charge in [-0.05, 0) is 48.8 Å². The predicted octanol–water partition coefficient (Wildman–Crippen LogP) is 0.963. The highest BCUT2D eigenvalue weighted by Crippen LogP contribution is 2.69. The number of aliphatic hydroxyl groups is 3. The van der Waals surface area contributed by atoms with E-state index in [4.69, 9.17) is 4.74 Å². The van der Waals surface area contributed by atoms with Gasteiger partial charge in [0, 0.05) is 23.7 Å². The van der Waals surface area contributed by atoms with Crippen LogP contribution in [0.15, 0.2) is 28.8 Å². The Morgan fingerprint density at radius 3 is 2.73 bits per heavy atom. The number of aliphatic imine (C=N–C) groups is 1. The Balaban J connectivity index is 1.63. The first-order valence-corrected chi connectivity index (χ1v) is 10.8. The standard InChI is InChI=1S/C23H29NO6/c1-11-24-23(18(29)10-25)19(30-11)8-14-13-7-16(27)15-6-12(26)4-5-21(15,2)20(13)17(28)9-22(14,23)3/h4-6,13-14,16-17,19-20,25,27-28H,7-10H2,1-3H3/t13-,14-,16-,17-,19+,20+,21-,22-,23+/m0/s1. The van der Waals surface area contributed by atoms with Crippen molar-refractivity contribution in [2.24, 2.45) is 33.6 Å². The monoisotopic (exact) mass is 415 g/mol. The molecule has 9 atom stereocenters. The van der Waals surface area contributed by atoms with Crippen LogP contribution in [0, 0.1) is 28.6 Å². The van der Waals surface area contributed by atoms with Crippen molar-refractivity contribution >= 4 is 17.5 Å². The van der Waals surface area contributed by atoms with Gasteiger partial charge in [0.15, 0.2) is 23.0 Å². The van der Waals surface area contributed by atoms with Crippen molar-refractivity contribution in [2.75, 3.05) is 6.61 Å². The van der Waals surface area contributed by atoms with Crippen LogP contribution in [0.25, 0.3) is 0 Å². The summed E-state index contributed by atoms with van der Waals surface area (Å²) in [5.41, 5.74) is -1.85. The van der Waals surface area contributed by atoms with E-state index in [1.54, 1.807) is 6.92 Å². The lowest BCUT2D eigenvalue weighted by Crippen LogP contribution is -2.63. The van der Waals surface area contributed by atoms with Crippen LogP contribution in [0.4, 0.5) is 0 Å². The lowest BCUT2D eigenvalue weighted by molar-refractivity contribution is -0.150. The van der Waals surface area contributed by atoms with Gasteiger partial charge in [0.2, 0.25) is 0 Å². The molecule has 5 rings (SSSR count). The Morgan fingerprint density at radius 1 is 1.30 bits per heavy atom. The van der Waals surface area contributed by atoms with Gasteiger partial charge >= 0.3 is 0 Å². The van der Waals surface area contributed by atoms with Crippen LogP contribution < -0.4 is 0 Å². The summed E-state index contributed by atoms with van der Waals surface area (Å²) in [6, 6.07) is 0. The zero-order valence-corrected chi connectivity index (χ0v) is 17.5. The molecule has 0 aromatic rings. The lowest BCUT2D eigenvalue weighted by atomic mass is 9.45. The largest absolute Gasteiger partial charge is 0.475 e. The molecule has 0 amide bonds. The van der Waals surface area contributed by atoms with Gasteiger partial charge in [-0.3, -0.25) is 9.59 Å². The molecule has 3 fully saturated rings. The van der Waals surface area contributed by atoms with E-state index in [0.717, 1.165) is 0 Å². The molecule has 1 heterocycles. The molecule has 30 heavy (non-hydrogen) atoms. The van der Waals surface area contributed by atoms with E-state index in [1.807, 2.05) is 19.9 Å². The van der Waals surface area contributed by atoms with Crippen molar-refractivity contribution in [1.29, 1.82) is 0 Å². The van der Waals surface area contributed by atoms with Crippen molar-refractivity contribution in [3.05, 3.63) is 23.8 Å². The third-order valence-electron chi connectivity index (χ3n) is 8.92. The number of rotatable bonds is 2. The summed E-state index contributed by atoms with van der Waals surface area (Å²) >= 11 is 0. The number of hydrogen-bond donors (Lipinski definition) is 3. The van der Waals surface area contributed by atoms with Gasteiger partial charge in [-0.2, -0.15) is 0 Å². The summed E-state index contributed by atoms with van der Waals surface area (Å²) in [5, 5.41) is 32.2. The van der Waals surface area contributed by atoms with Gasteiger partial charge in [0.05, 0.1) is 12.2 Å². The van der Waals surface area contributed by atoms with E-state index < -0.39 is 41.3 Å². The van der Waals surface area contributed by atoms with Crippen molar-refractivity contribution < 1.29 is 29.6 Å². The number of aliphatic hydroxyl groups excluding tert-OH is 3. The molecule has 0 aromatic carbocycles. The molecule has 0 unspecified atom stereocenters. The number of ketones is 2. The van der Waals surface area contributed by atoms with Gasteiger partial charge in [-0.15, -0.1) is 0 Å². The van der Waals surface area contributed by atoms with Crippen LogP contribution in [0.2, 0.25) is 0 Å². The summed E-state index contributed by atoms with van der Waals surface area (Å²) in [5.74, 6) is -0.334. The maximum absolute atomic E-state index is 13.1. The summed E-state index contributed by atoms with van der Waals surface area (Å²) in [7, 11) is 0. The van der Waals surface area contributed by atoms with Crippen molar-refractivity contribution in [1.82, 2.24) is 0 Å². The fourth-order valence-electron chi connectivity index (χ4n) is 7.86. The highest BCUT2D eigenvalue weighted by molar-refractivity contribution is 6.01. The number of hydrogen-bond acceptors (Lipinski definition) is 7. The second-order valence-corrected chi connectivity index (χ2v) is 10.2. The minimum absolute atomic E-state index is 0.0118. The molecular formula is C23H29NO6. The molecule has 5 aliphatic rings. The first kappa shape index (κ1) is 20.1. The molecule has 162 valence electrons. The second kappa shape index (κ2) is 6.11. The normalized spacial score (nSPS) is 51.2. The van der Waals surface area contributed by atoms with Crippen molar-refractivity contribution in [3.63, 3.8) is 0 Å². The van der Waals surface area contributed by atoms with Gasteiger partial charge in [-0.25, -0.2) is 4.99 Å². The van der Waals surface area contributed by atoms with Gasteiger partial charge in [-0.1, -0.05) is 19.9 Å². The van der Waals surface area contributed by atoms with Crippen LogP contribution in [0.1, 0.15) is 40.0 Å². The van der Waals surface area contributed by atoms with Crippen LogP contribution in [0.5, 0.6) is 0 Å². The van der Waals surface area contributed by atoms with E-state index in [0.29, 0.717) is 30.7 Å². The number of allylic oxidation sites excluding steroid dienone is 3. The Hall–Kier alpha value is -1.83. The third kappa shape index (κ3) is 2.18. The van der Waals surface area contributed by atoms with Crippen LogP contribution in [-0.4, -0.2) is 63.2 Å². The maximum Gasteiger partial charge on any atom is 0.190 e. The number of carbonyl (C=O) groups is 2. The minimum atomic E-state index is -1.21. The average Bonchev–Trinajstić information content (AvgIpc) is 3.13. The topological polar surface area (TPSA) is 116 Å².